The van der Waals surface area contributed by atoms with Gasteiger partial charge in [-0.1, -0.05) is 6.92 Å². The van der Waals surface area contributed by atoms with Gasteiger partial charge < -0.3 is 15.2 Å². The summed E-state index contributed by atoms with van der Waals surface area (Å²) >= 11 is 0. The average molecular weight is 250 g/mol. The van der Waals surface area contributed by atoms with E-state index in [-0.39, 0.29) is 0 Å². The van der Waals surface area contributed by atoms with Crippen molar-refractivity contribution >= 4 is 0 Å². The Hall–Kier alpha value is -0.870. The Morgan fingerprint density at radius 1 is 1.50 bits per heavy atom. The van der Waals surface area contributed by atoms with Gasteiger partial charge in [0.15, 0.2) is 0 Å². The van der Waals surface area contributed by atoms with Crippen LogP contribution in [-0.2, 0) is 0 Å². The minimum atomic E-state index is 0.356. The summed E-state index contributed by atoms with van der Waals surface area (Å²) in [6, 6.07) is 0.920. The fraction of sp³-hybridized carbons (Fsp3) is 0.786. The van der Waals surface area contributed by atoms with Crippen LogP contribution in [0.5, 0.6) is 0 Å². The van der Waals surface area contributed by atoms with E-state index < -0.39 is 0 Å². The van der Waals surface area contributed by atoms with E-state index in [0.29, 0.717) is 12.1 Å². The van der Waals surface area contributed by atoms with Crippen LogP contribution in [0.15, 0.2) is 12.4 Å². The van der Waals surface area contributed by atoms with Crippen molar-refractivity contribution in [2.24, 2.45) is 5.92 Å². The van der Waals surface area contributed by atoms with Crippen LogP contribution in [0.4, 0.5) is 0 Å². The van der Waals surface area contributed by atoms with Crippen LogP contribution in [0.2, 0.25) is 0 Å². The molecule has 2 rings (SSSR count). The summed E-state index contributed by atoms with van der Waals surface area (Å²) in [5.74, 6) is 1.86. The number of H-pyrrole nitrogens is 1. The number of rotatable bonds is 5. The first-order valence-electron chi connectivity index (χ1n) is 7.14. The van der Waals surface area contributed by atoms with E-state index in [1.807, 2.05) is 12.4 Å². The lowest BCUT2D eigenvalue weighted by molar-refractivity contribution is 0.182. The molecule has 0 amide bonds. The van der Waals surface area contributed by atoms with Crippen molar-refractivity contribution < 1.29 is 0 Å². The first kappa shape index (κ1) is 13.6. The molecule has 4 heteroatoms. The van der Waals surface area contributed by atoms with E-state index in [0.717, 1.165) is 18.2 Å². The molecule has 0 bridgehead atoms. The zero-order chi connectivity index (χ0) is 13.0. The number of nitrogens with zero attached hydrogens (tertiary/aromatic N) is 2. The zero-order valence-electron chi connectivity index (χ0n) is 11.8. The second-order valence-corrected chi connectivity index (χ2v) is 5.53. The van der Waals surface area contributed by atoms with Gasteiger partial charge >= 0.3 is 0 Å². The first-order chi connectivity index (χ1) is 8.70. The van der Waals surface area contributed by atoms with Crippen LogP contribution in [0.1, 0.15) is 45.0 Å². The summed E-state index contributed by atoms with van der Waals surface area (Å²) in [5, 5.41) is 3.74. The lowest BCUT2D eigenvalue weighted by Gasteiger charge is -2.34. The van der Waals surface area contributed by atoms with E-state index >= 15 is 0 Å². The van der Waals surface area contributed by atoms with E-state index in [4.69, 9.17) is 0 Å². The van der Waals surface area contributed by atoms with Gasteiger partial charge in [0.25, 0.3) is 0 Å². The van der Waals surface area contributed by atoms with Gasteiger partial charge in [0.05, 0.1) is 6.04 Å². The van der Waals surface area contributed by atoms with Gasteiger partial charge in [-0.05, 0) is 52.2 Å². The summed E-state index contributed by atoms with van der Waals surface area (Å²) in [4.78, 5) is 10.0. The smallest absolute Gasteiger partial charge is 0.123 e. The van der Waals surface area contributed by atoms with Gasteiger partial charge in [0.1, 0.15) is 5.82 Å². The second-order valence-electron chi connectivity index (χ2n) is 5.53. The molecule has 4 nitrogen and oxygen atoms in total. The van der Waals surface area contributed by atoms with Crippen LogP contribution in [0.25, 0.3) is 0 Å². The Labute approximate surface area is 110 Å². The molecule has 0 aliphatic carbocycles. The van der Waals surface area contributed by atoms with Crippen LogP contribution in [-0.4, -0.2) is 41.0 Å². The summed E-state index contributed by atoms with van der Waals surface area (Å²) in [5.41, 5.74) is 0. The van der Waals surface area contributed by atoms with Crippen molar-refractivity contribution in [1.82, 2.24) is 20.2 Å². The molecule has 102 valence electrons. The molecule has 1 aliphatic rings. The highest BCUT2D eigenvalue weighted by Gasteiger charge is 2.24. The normalized spacial score (nSPS) is 21.9. The van der Waals surface area contributed by atoms with Crippen LogP contribution < -0.4 is 5.32 Å². The third-order valence-electron chi connectivity index (χ3n) is 4.19. The maximum Gasteiger partial charge on any atom is 0.123 e. The molecule has 1 fully saturated rings. The zero-order valence-corrected chi connectivity index (χ0v) is 11.8. The topological polar surface area (TPSA) is 44.0 Å². The SMILES string of the molecule is CCC(NC(C)C1CCN(C)CC1)c1ncc[nH]1. The lowest BCUT2D eigenvalue weighted by Crippen LogP contribution is -2.42. The lowest BCUT2D eigenvalue weighted by atomic mass is 9.90. The Balaban J connectivity index is 1.87. The number of imidazole rings is 1. The molecule has 2 N–H and O–H groups in total. The highest BCUT2D eigenvalue weighted by molar-refractivity contribution is 4.96. The summed E-state index contributed by atoms with van der Waals surface area (Å²) in [7, 11) is 2.21. The Kier molecular flexibility index (Phi) is 4.78. The van der Waals surface area contributed by atoms with Crippen molar-refractivity contribution in [3.05, 3.63) is 18.2 Å². The maximum absolute atomic E-state index is 4.37. The predicted octanol–water partition coefficient (Wildman–Crippen LogP) is 2.18. The molecule has 2 heterocycles. The first-order valence-corrected chi connectivity index (χ1v) is 7.14. The molecule has 1 aliphatic heterocycles. The van der Waals surface area contributed by atoms with E-state index in [9.17, 15) is 0 Å². The van der Waals surface area contributed by atoms with Gasteiger partial charge in [-0.25, -0.2) is 4.98 Å². The number of nitrogens with one attached hydrogen (secondary N) is 2. The Bertz CT molecular complexity index is 328. The van der Waals surface area contributed by atoms with Gasteiger partial charge in [-0.2, -0.15) is 0 Å². The number of hydrogen-bond donors (Lipinski definition) is 2. The highest BCUT2D eigenvalue weighted by Crippen LogP contribution is 2.22. The molecule has 1 saturated heterocycles. The molecule has 0 aromatic carbocycles. The number of aromatic nitrogens is 2. The van der Waals surface area contributed by atoms with Crippen molar-refractivity contribution in [3.8, 4) is 0 Å². The molecule has 18 heavy (non-hydrogen) atoms. The molecule has 2 atom stereocenters. The largest absolute Gasteiger partial charge is 0.347 e. The Morgan fingerprint density at radius 3 is 2.78 bits per heavy atom. The molecule has 1 aromatic rings. The fourth-order valence-corrected chi connectivity index (χ4v) is 2.84. The third-order valence-corrected chi connectivity index (χ3v) is 4.19. The fourth-order valence-electron chi connectivity index (χ4n) is 2.84. The van der Waals surface area contributed by atoms with Crippen molar-refractivity contribution in [2.75, 3.05) is 20.1 Å². The number of hydrogen-bond acceptors (Lipinski definition) is 3. The highest BCUT2D eigenvalue weighted by atomic mass is 15.1. The maximum atomic E-state index is 4.37. The number of aromatic amines is 1. The van der Waals surface area contributed by atoms with E-state index in [1.165, 1.54) is 25.9 Å². The minimum absolute atomic E-state index is 0.356. The molecule has 0 spiro atoms. The molecule has 0 saturated carbocycles. The van der Waals surface area contributed by atoms with E-state index in [1.54, 1.807) is 0 Å². The van der Waals surface area contributed by atoms with Crippen molar-refractivity contribution in [2.45, 2.75) is 45.2 Å². The number of piperidine rings is 1. The van der Waals surface area contributed by atoms with Gasteiger partial charge in [0.2, 0.25) is 0 Å². The second kappa shape index (κ2) is 6.34. The van der Waals surface area contributed by atoms with E-state index in [2.05, 4.69) is 41.1 Å². The Morgan fingerprint density at radius 2 is 2.22 bits per heavy atom. The molecular formula is C14H26N4. The molecular weight excluding hydrogens is 224 g/mol. The van der Waals surface area contributed by atoms with Crippen LogP contribution in [0, 0.1) is 5.92 Å². The molecule has 1 aromatic heterocycles. The quantitative estimate of drug-likeness (QED) is 0.842. The monoisotopic (exact) mass is 250 g/mol. The third kappa shape index (κ3) is 3.33. The predicted molar refractivity (Wildman–Crippen MR) is 74.4 cm³/mol. The van der Waals surface area contributed by atoms with Crippen molar-refractivity contribution in [3.63, 3.8) is 0 Å². The summed E-state index contributed by atoms with van der Waals surface area (Å²) < 4.78 is 0. The van der Waals surface area contributed by atoms with Crippen LogP contribution >= 0.6 is 0 Å². The minimum Gasteiger partial charge on any atom is -0.347 e. The van der Waals surface area contributed by atoms with Crippen LogP contribution in [0.3, 0.4) is 0 Å². The standard InChI is InChI=1S/C14H26N4/c1-4-13(14-15-7-8-16-14)17-11(2)12-5-9-18(3)10-6-12/h7-8,11-13,17H,4-6,9-10H2,1-3H3,(H,15,16). The summed E-state index contributed by atoms with van der Waals surface area (Å²) in [6.07, 6.45) is 7.42. The van der Waals surface area contributed by atoms with Gasteiger partial charge in [-0.3, -0.25) is 0 Å². The number of likely N-dealkylation sites (tertiary alicyclic amines) is 1. The van der Waals surface area contributed by atoms with Crippen molar-refractivity contribution in [1.29, 1.82) is 0 Å². The molecule has 2 unspecified atom stereocenters. The van der Waals surface area contributed by atoms with Gasteiger partial charge in [0, 0.05) is 18.4 Å². The van der Waals surface area contributed by atoms with Gasteiger partial charge in [-0.15, -0.1) is 0 Å². The summed E-state index contributed by atoms with van der Waals surface area (Å²) in [6.45, 7) is 6.99. The average Bonchev–Trinajstić information content (AvgIpc) is 2.90. The molecule has 0 radical (unpaired) electrons.